The Labute approximate surface area is 209 Å². The molecule has 5 heteroatoms. The summed E-state index contributed by atoms with van der Waals surface area (Å²) >= 11 is 0. The van der Waals surface area contributed by atoms with E-state index in [9.17, 15) is 9.59 Å². The first-order valence-corrected chi connectivity index (χ1v) is 13.5. The highest BCUT2D eigenvalue weighted by molar-refractivity contribution is 5.89. The van der Waals surface area contributed by atoms with Gasteiger partial charge in [-0.3, -0.25) is 4.79 Å². The second-order valence-corrected chi connectivity index (χ2v) is 10.6. The lowest BCUT2D eigenvalue weighted by atomic mass is 9.85. The largest absolute Gasteiger partial charge is 0.458 e. The fourth-order valence-corrected chi connectivity index (χ4v) is 6.99. The molecule has 5 nitrogen and oxygen atoms in total. The number of benzene rings is 2. The average Bonchev–Trinajstić information content (AvgIpc) is 3.43. The molecule has 0 amide bonds. The van der Waals surface area contributed by atoms with Gasteiger partial charge in [0.15, 0.2) is 0 Å². The van der Waals surface area contributed by atoms with Crippen molar-refractivity contribution in [3.8, 4) is 0 Å². The molecular formula is C30H38NO4+. The zero-order valence-electron chi connectivity index (χ0n) is 20.9. The highest BCUT2D eigenvalue weighted by Gasteiger charge is 2.57. The van der Waals surface area contributed by atoms with E-state index in [-0.39, 0.29) is 18.5 Å². The lowest BCUT2D eigenvalue weighted by molar-refractivity contribution is -0.956. The van der Waals surface area contributed by atoms with Crippen LogP contribution in [0.5, 0.6) is 0 Å². The zero-order chi connectivity index (χ0) is 24.3. The molecule has 35 heavy (non-hydrogen) atoms. The Morgan fingerprint density at radius 1 is 0.886 bits per heavy atom. The van der Waals surface area contributed by atoms with Crippen molar-refractivity contribution in [2.24, 2.45) is 0 Å². The summed E-state index contributed by atoms with van der Waals surface area (Å²) in [6, 6.07) is 19.9. The van der Waals surface area contributed by atoms with E-state index in [0.717, 1.165) is 25.7 Å². The third-order valence-electron chi connectivity index (χ3n) is 8.68. The van der Waals surface area contributed by atoms with Crippen molar-refractivity contribution in [1.29, 1.82) is 0 Å². The van der Waals surface area contributed by atoms with E-state index in [2.05, 4.69) is 0 Å². The maximum atomic E-state index is 14.2. The topological polar surface area (TPSA) is 52.6 Å². The fourth-order valence-electron chi connectivity index (χ4n) is 6.99. The number of nitrogens with zero attached hydrogens (tertiary/aromatic N) is 1. The van der Waals surface area contributed by atoms with Crippen LogP contribution in [0.1, 0.15) is 75.8 Å². The summed E-state index contributed by atoms with van der Waals surface area (Å²) < 4.78 is 13.7. The van der Waals surface area contributed by atoms with Gasteiger partial charge in [-0.25, -0.2) is 4.79 Å². The molecule has 2 aromatic rings. The molecule has 3 saturated heterocycles. The molecule has 2 bridgehead atoms. The van der Waals surface area contributed by atoms with Crippen LogP contribution in [0.2, 0.25) is 0 Å². The molecule has 2 atom stereocenters. The average molecular weight is 477 g/mol. The van der Waals surface area contributed by atoms with Gasteiger partial charge in [0, 0.05) is 56.1 Å². The maximum absolute atomic E-state index is 14.2. The molecule has 3 aliphatic rings. The zero-order valence-corrected chi connectivity index (χ0v) is 20.9. The molecule has 0 saturated carbocycles. The first kappa shape index (κ1) is 24.1. The summed E-state index contributed by atoms with van der Waals surface area (Å²) in [7, 11) is 0. The molecule has 0 N–H and O–H groups in total. The van der Waals surface area contributed by atoms with Gasteiger partial charge in [0.05, 0.1) is 25.2 Å². The van der Waals surface area contributed by atoms with Crippen molar-refractivity contribution in [2.45, 2.75) is 88.5 Å². The van der Waals surface area contributed by atoms with Crippen LogP contribution in [0.15, 0.2) is 60.7 Å². The number of esters is 2. The molecule has 0 aromatic heterocycles. The van der Waals surface area contributed by atoms with Gasteiger partial charge in [-0.05, 0) is 6.42 Å². The normalized spacial score (nSPS) is 24.9. The Kier molecular flexibility index (Phi) is 6.97. The molecule has 3 heterocycles. The summed E-state index contributed by atoms with van der Waals surface area (Å²) in [6.45, 7) is 4.60. The first-order chi connectivity index (χ1) is 17.1. The standard InChI is InChI=1S/C30H38NO4/c1-2-3-16-28(32)35-30(23-12-6-4-7-13-23,24-14-8-5-9-15-24)29(33)34-27-21-25-17-18-26(22-27)31(25)19-10-11-20-31/h4-9,12-15,25-27H,2-3,10-11,16-22H2,1H3/q+1. The number of quaternary nitrogens is 1. The smallest absolute Gasteiger partial charge is 0.360 e. The second-order valence-electron chi connectivity index (χ2n) is 10.6. The van der Waals surface area contributed by atoms with Crippen LogP contribution in [0.4, 0.5) is 0 Å². The number of hydrogen-bond donors (Lipinski definition) is 0. The van der Waals surface area contributed by atoms with E-state index in [4.69, 9.17) is 9.47 Å². The minimum atomic E-state index is -1.61. The SMILES string of the molecule is CCCCC(=O)OC(C(=O)OC1CC2CCC(C1)[N+]21CCCC1)(c1ccccc1)c1ccccc1. The van der Waals surface area contributed by atoms with Crippen molar-refractivity contribution < 1.29 is 23.5 Å². The van der Waals surface area contributed by atoms with Crippen molar-refractivity contribution in [1.82, 2.24) is 0 Å². The second kappa shape index (κ2) is 10.1. The highest BCUT2D eigenvalue weighted by atomic mass is 16.6. The number of carbonyl (C=O) groups excluding carboxylic acids is 2. The van der Waals surface area contributed by atoms with Crippen molar-refractivity contribution in [2.75, 3.05) is 13.1 Å². The minimum Gasteiger partial charge on any atom is -0.458 e. The van der Waals surface area contributed by atoms with E-state index in [1.165, 1.54) is 43.3 Å². The summed E-state index contributed by atoms with van der Waals surface area (Å²) in [5.74, 6) is -0.846. The monoisotopic (exact) mass is 476 g/mol. The Bertz CT molecular complexity index is 960. The fraction of sp³-hybridized carbons (Fsp3) is 0.533. The van der Waals surface area contributed by atoms with E-state index in [0.29, 0.717) is 23.2 Å². The van der Waals surface area contributed by atoms with E-state index in [1.807, 2.05) is 67.6 Å². The van der Waals surface area contributed by atoms with Gasteiger partial charge in [0.25, 0.3) is 5.60 Å². The van der Waals surface area contributed by atoms with E-state index >= 15 is 0 Å². The van der Waals surface area contributed by atoms with Crippen LogP contribution in [-0.4, -0.2) is 47.7 Å². The van der Waals surface area contributed by atoms with Crippen LogP contribution >= 0.6 is 0 Å². The molecule has 0 aliphatic carbocycles. The van der Waals surface area contributed by atoms with Gasteiger partial charge in [-0.15, -0.1) is 0 Å². The van der Waals surface area contributed by atoms with Crippen LogP contribution in [0, 0.1) is 0 Å². The van der Waals surface area contributed by atoms with Crippen LogP contribution in [0.3, 0.4) is 0 Å². The molecule has 186 valence electrons. The minimum absolute atomic E-state index is 0.134. The van der Waals surface area contributed by atoms with E-state index < -0.39 is 11.6 Å². The van der Waals surface area contributed by atoms with Gasteiger partial charge < -0.3 is 14.0 Å². The van der Waals surface area contributed by atoms with Gasteiger partial charge in [0.2, 0.25) is 0 Å². The lowest BCUT2D eigenvalue weighted by Crippen LogP contribution is -2.60. The highest BCUT2D eigenvalue weighted by Crippen LogP contribution is 2.47. The molecule has 3 fully saturated rings. The summed E-state index contributed by atoms with van der Waals surface area (Å²) in [5.41, 5.74) is -0.352. The Balaban J connectivity index is 1.46. The van der Waals surface area contributed by atoms with Gasteiger partial charge in [-0.2, -0.15) is 0 Å². The predicted molar refractivity (Wildman–Crippen MR) is 134 cm³/mol. The number of carbonyl (C=O) groups is 2. The number of ether oxygens (including phenoxy) is 2. The van der Waals surface area contributed by atoms with Crippen LogP contribution in [0.25, 0.3) is 0 Å². The molecule has 5 rings (SSSR count). The number of rotatable bonds is 8. The molecule has 3 aliphatic heterocycles. The molecular weight excluding hydrogens is 438 g/mol. The lowest BCUT2D eigenvalue weighted by Gasteiger charge is -2.47. The Morgan fingerprint density at radius 3 is 1.94 bits per heavy atom. The van der Waals surface area contributed by atoms with E-state index in [1.54, 1.807) is 0 Å². The maximum Gasteiger partial charge on any atom is 0.360 e. The van der Waals surface area contributed by atoms with Gasteiger partial charge in [-0.1, -0.05) is 74.0 Å². The molecule has 2 aromatic carbocycles. The molecule has 1 spiro atoms. The Hall–Kier alpha value is -2.66. The quantitative estimate of drug-likeness (QED) is 0.372. The Morgan fingerprint density at radius 2 is 1.43 bits per heavy atom. The molecule has 2 unspecified atom stereocenters. The number of hydrogen-bond acceptors (Lipinski definition) is 4. The predicted octanol–water partition coefficient (Wildman–Crippen LogP) is 5.51. The third-order valence-corrected chi connectivity index (χ3v) is 8.68. The number of unbranched alkanes of at least 4 members (excludes halogenated alkanes) is 1. The van der Waals surface area contributed by atoms with Crippen LogP contribution < -0.4 is 0 Å². The number of piperidine rings is 1. The van der Waals surface area contributed by atoms with Crippen LogP contribution in [-0.2, 0) is 24.7 Å². The van der Waals surface area contributed by atoms with Crippen molar-refractivity contribution in [3.63, 3.8) is 0 Å². The first-order valence-electron chi connectivity index (χ1n) is 13.5. The molecule has 0 radical (unpaired) electrons. The third kappa shape index (κ3) is 4.40. The summed E-state index contributed by atoms with van der Waals surface area (Å²) in [5, 5.41) is 0. The van der Waals surface area contributed by atoms with Crippen molar-refractivity contribution in [3.05, 3.63) is 71.8 Å². The van der Waals surface area contributed by atoms with Gasteiger partial charge >= 0.3 is 11.9 Å². The summed E-state index contributed by atoms with van der Waals surface area (Å²) in [6.07, 6.45) is 8.65. The van der Waals surface area contributed by atoms with Crippen molar-refractivity contribution >= 4 is 11.9 Å². The summed E-state index contributed by atoms with van der Waals surface area (Å²) in [4.78, 5) is 27.2. The van der Waals surface area contributed by atoms with Gasteiger partial charge in [0.1, 0.15) is 6.10 Å².